The molecular weight excluding hydrogens is 256 g/mol. The zero-order valence-electron chi connectivity index (χ0n) is 12.7. The Hall–Kier alpha value is -1.54. The molecule has 0 saturated heterocycles. The van der Waals surface area contributed by atoms with Crippen LogP contribution < -0.4 is 5.32 Å². The molecule has 0 aliphatic rings. The second-order valence-electron chi connectivity index (χ2n) is 5.54. The van der Waals surface area contributed by atoms with E-state index in [4.69, 9.17) is 11.5 Å². The molecular formula is C15H26N2O3. The van der Waals surface area contributed by atoms with E-state index in [-0.39, 0.29) is 31.6 Å². The van der Waals surface area contributed by atoms with Crippen LogP contribution >= 0.6 is 0 Å². The first-order valence-electron chi connectivity index (χ1n) is 7.02. The second kappa shape index (κ2) is 10.3. The van der Waals surface area contributed by atoms with Crippen molar-refractivity contribution in [3.63, 3.8) is 0 Å². The molecule has 0 heterocycles. The molecule has 5 heteroatoms. The van der Waals surface area contributed by atoms with Gasteiger partial charge >= 0.3 is 5.97 Å². The summed E-state index contributed by atoms with van der Waals surface area (Å²) in [5.41, 5.74) is 0. The molecule has 0 aromatic rings. The van der Waals surface area contributed by atoms with Crippen LogP contribution in [0.1, 0.15) is 40.0 Å². The van der Waals surface area contributed by atoms with Crippen LogP contribution in [0.15, 0.2) is 0 Å². The molecule has 1 amide bonds. The maximum absolute atomic E-state index is 11.8. The number of carboxylic acid groups (broad SMARTS) is 1. The smallest absolute Gasteiger partial charge is 0.317 e. The number of nitrogens with one attached hydrogen (secondary N) is 1. The Morgan fingerprint density at radius 2 is 1.90 bits per heavy atom. The Morgan fingerprint density at radius 1 is 1.25 bits per heavy atom. The van der Waals surface area contributed by atoms with Crippen LogP contribution in [0.2, 0.25) is 0 Å². The SMILES string of the molecule is C#CCN(CC(=O)O)CC(=O)NC(C)CCCC(C)C. The molecule has 0 bridgehead atoms. The quantitative estimate of drug-likeness (QED) is 0.593. The molecule has 114 valence electrons. The summed E-state index contributed by atoms with van der Waals surface area (Å²) in [4.78, 5) is 23.9. The van der Waals surface area contributed by atoms with Gasteiger partial charge in [0.05, 0.1) is 19.6 Å². The van der Waals surface area contributed by atoms with Gasteiger partial charge in [-0.3, -0.25) is 14.5 Å². The van der Waals surface area contributed by atoms with E-state index < -0.39 is 5.97 Å². The number of amides is 1. The number of carbonyl (C=O) groups is 2. The summed E-state index contributed by atoms with van der Waals surface area (Å²) in [6, 6.07) is 0.0961. The fraction of sp³-hybridized carbons (Fsp3) is 0.733. The van der Waals surface area contributed by atoms with Gasteiger partial charge in [-0.05, 0) is 19.3 Å². The highest BCUT2D eigenvalue weighted by Gasteiger charge is 2.14. The first-order valence-corrected chi connectivity index (χ1v) is 7.02. The van der Waals surface area contributed by atoms with Crippen molar-refractivity contribution in [2.24, 2.45) is 5.92 Å². The van der Waals surface area contributed by atoms with Crippen molar-refractivity contribution in [3.8, 4) is 12.3 Å². The monoisotopic (exact) mass is 282 g/mol. The van der Waals surface area contributed by atoms with E-state index in [1.54, 1.807) is 0 Å². The van der Waals surface area contributed by atoms with Gasteiger partial charge in [0.25, 0.3) is 0 Å². The summed E-state index contributed by atoms with van der Waals surface area (Å²) >= 11 is 0. The zero-order chi connectivity index (χ0) is 15.5. The molecule has 20 heavy (non-hydrogen) atoms. The third kappa shape index (κ3) is 10.4. The molecule has 1 atom stereocenters. The minimum Gasteiger partial charge on any atom is -0.480 e. The van der Waals surface area contributed by atoms with Crippen LogP contribution in [0, 0.1) is 18.3 Å². The van der Waals surface area contributed by atoms with Crippen LogP contribution in [-0.4, -0.2) is 47.6 Å². The predicted molar refractivity (Wildman–Crippen MR) is 79.2 cm³/mol. The Kier molecular flexibility index (Phi) is 9.48. The Bertz CT molecular complexity index is 348. The minimum atomic E-state index is -0.988. The standard InChI is InChI=1S/C15H26N2O3/c1-5-9-17(11-15(19)20)10-14(18)16-13(4)8-6-7-12(2)3/h1,12-13H,6-11H2,2-4H3,(H,16,18)(H,19,20). The molecule has 0 aromatic heterocycles. The van der Waals surface area contributed by atoms with Gasteiger partial charge in [0.2, 0.25) is 5.91 Å². The van der Waals surface area contributed by atoms with Crippen LogP contribution in [0.4, 0.5) is 0 Å². The second-order valence-corrected chi connectivity index (χ2v) is 5.54. The predicted octanol–water partition coefficient (Wildman–Crippen LogP) is 1.34. The number of nitrogens with zero attached hydrogens (tertiary/aromatic N) is 1. The molecule has 0 spiro atoms. The van der Waals surface area contributed by atoms with E-state index in [0.29, 0.717) is 5.92 Å². The van der Waals surface area contributed by atoms with Gasteiger partial charge in [-0.25, -0.2) is 0 Å². The molecule has 0 radical (unpaired) electrons. The van der Waals surface area contributed by atoms with Crippen LogP contribution in [0.25, 0.3) is 0 Å². The third-order valence-corrected chi connectivity index (χ3v) is 2.87. The lowest BCUT2D eigenvalue weighted by atomic mass is 10.0. The van der Waals surface area contributed by atoms with Gasteiger partial charge in [-0.15, -0.1) is 6.42 Å². The normalized spacial score (nSPS) is 12.2. The summed E-state index contributed by atoms with van der Waals surface area (Å²) in [7, 11) is 0. The molecule has 0 saturated carbocycles. The fourth-order valence-electron chi connectivity index (χ4n) is 1.92. The number of hydrogen-bond acceptors (Lipinski definition) is 3. The average Bonchev–Trinajstić information content (AvgIpc) is 2.27. The first-order chi connectivity index (χ1) is 9.35. The Morgan fingerprint density at radius 3 is 2.40 bits per heavy atom. The summed E-state index contributed by atoms with van der Waals surface area (Å²) < 4.78 is 0. The largest absolute Gasteiger partial charge is 0.480 e. The minimum absolute atomic E-state index is 0.0189. The van der Waals surface area contributed by atoms with Gasteiger partial charge in [0.15, 0.2) is 0 Å². The number of carbonyl (C=O) groups excluding carboxylic acids is 1. The number of terminal acetylenes is 1. The molecule has 1 unspecified atom stereocenters. The van der Waals surface area contributed by atoms with E-state index in [1.807, 2.05) is 6.92 Å². The van der Waals surface area contributed by atoms with Crippen molar-refractivity contribution < 1.29 is 14.7 Å². The topological polar surface area (TPSA) is 69.6 Å². The summed E-state index contributed by atoms with van der Waals surface area (Å²) in [6.07, 6.45) is 8.30. The van der Waals surface area contributed by atoms with Crippen molar-refractivity contribution in [1.29, 1.82) is 0 Å². The van der Waals surface area contributed by atoms with E-state index in [0.717, 1.165) is 19.3 Å². The number of aliphatic carboxylic acids is 1. The molecule has 5 nitrogen and oxygen atoms in total. The van der Waals surface area contributed by atoms with E-state index in [1.165, 1.54) is 4.90 Å². The van der Waals surface area contributed by atoms with Gasteiger partial charge in [-0.2, -0.15) is 0 Å². The van der Waals surface area contributed by atoms with Gasteiger partial charge in [-0.1, -0.05) is 32.6 Å². The molecule has 0 aromatic carbocycles. The van der Waals surface area contributed by atoms with Gasteiger partial charge in [0.1, 0.15) is 0 Å². The maximum Gasteiger partial charge on any atom is 0.317 e. The zero-order valence-corrected chi connectivity index (χ0v) is 12.7. The lowest BCUT2D eigenvalue weighted by Gasteiger charge is -2.19. The fourth-order valence-corrected chi connectivity index (χ4v) is 1.92. The molecule has 2 N–H and O–H groups in total. The van der Waals surface area contributed by atoms with E-state index in [2.05, 4.69) is 25.1 Å². The highest BCUT2D eigenvalue weighted by molar-refractivity contribution is 5.79. The van der Waals surface area contributed by atoms with Gasteiger partial charge < -0.3 is 10.4 Å². The average molecular weight is 282 g/mol. The van der Waals surface area contributed by atoms with Crippen LogP contribution in [0.3, 0.4) is 0 Å². The third-order valence-electron chi connectivity index (χ3n) is 2.87. The summed E-state index contributed by atoms with van der Waals surface area (Å²) in [5.74, 6) is 1.86. The lowest BCUT2D eigenvalue weighted by Crippen LogP contribution is -2.42. The summed E-state index contributed by atoms with van der Waals surface area (Å²) in [5, 5.41) is 11.6. The molecule has 0 fully saturated rings. The van der Waals surface area contributed by atoms with Crippen molar-refractivity contribution >= 4 is 11.9 Å². The van der Waals surface area contributed by atoms with Crippen LogP contribution in [0.5, 0.6) is 0 Å². The molecule has 0 aliphatic carbocycles. The van der Waals surface area contributed by atoms with Crippen molar-refractivity contribution in [2.45, 2.75) is 46.1 Å². The molecule has 0 rings (SSSR count). The Labute approximate surface area is 121 Å². The lowest BCUT2D eigenvalue weighted by molar-refractivity contribution is -0.138. The molecule has 0 aliphatic heterocycles. The van der Waals surface area contributed by atoms with Crippen molar-refractivity contribution in [1.82, 2.24) is 10.2 Å². The maximum atomic E-state index is 11.8. The highest BCUT2D eigenvalue weighted by Crippen LogP contribution is 2.08. The summed E-state index contributed by atoms with van der Waals surface area (Å²) in [6.45, 7) is 6.26. The number of hydrogen-bond donors (Lipinski definition) is 2. The first kappa shape index (κ1) is 18.5. The van der Waals surface area contributed by atoms with E-state index in [9.17, 15) is 9.59 Å². The van der Waals surface area contributed by atoms with E-state index >= 15 is 0 Å². The Balaban J connectivity index is 4.05. The van der Waals surface area contributed by atoms with Crippen molar-refractivity contribution in [3.05, 3.63) is 0 Å². The van der Waals surface area contributed by atoms with Crippen LogP contribution in [-0.2, 0) is 9.59 Å². The van der Waals surface area contributed by atoms with Gasteiger partial charge in [0, 0.05) is 6.04 Å². The number of rotatable bonds is 10. The van der Waals surface area contributed by atoms with Crippen molar-refractivity contribution in [2.75, 3.05) is 19.6 Å². The number of carboxylic acids is 1. The highest BCUT2D eigenvalue weighted by atomic mass is 16.4.